The summed E-state index contributed by atoms with van der Waals surface area (Å²) in [6.07, 6.45) is 2.54. The van der Waals surface area contributed by atoms with Crippen molar-refractivity contribution in [2.75, 3.05) is 19.6 Å². The third-order valence-electron chi connectivity index (χ3n) is 5.64. The predicted octanol–water partition coefficient (Wildman–Crippen LogP) is 2.70. The maximum atomic E-state index is 13.2. The van der Waals surface area contributed by atoms with Crippen molar-refractivity contribution in [2.45, 2.75) is 30.5 Å². The number of carbonyl (C=O) groups excluding carboxylic acids is 1. The number of esters is 1. The Bertz CT molecular complexity index is 683. The first-order valence-electron chi connectivity index (χ1n) is 8.92. The van der Waals surface area contributed by atoms with E-state index in [9.17, 15) is 9.90 Å². The lowest BCUT2D eigenvalue weighted by Gasteiger charge is -2.48. The monoisotopic (exact) mass is 337 g/mol. The maximum Gasteiger partial charge on any atom is 0.348 e. The standard InChI is InChI=1S/C21H23NO3/c23-19(25-20-11-14-22(15-12-20)16-13-20)21(24,17-7-3-1-4-8-17)18-9-5-2-6-10-18/h1-10,24H,11-16H2. The molecule has 0 amide bonds. The quantitative estimate of drug-likeness (QED) is 0.872. The Morgan fingerprint density at radius 2 is 1.32 bits per heavy atom. The Labute approximate surface area is 148 Å². The van der Waals surface area contributed by atoms with Gasteiger partial charge >= 0.3 is 5.97 Å². The summed E-state index contributed by atoms with van der Waals surface area (Å²) in [4.78, 5) is 15.6. The molecule has 3 heterocycles. The van der Waals surface area contributed by atoms with Gasteiger partial charge in [-0.3, -0.25) is 0 Å². The highest BCUT2D eigenvalue weighted by atomic mass is 16.6. The molecule has 0 saturated carbocycles. The van der Waals surface area contributed by atoms with E-state index in [1.165, 1.54) is 0 Å². The van der Waals surface area contributed by atoms with Gasteiger partial charge in [-0.2, -0.15) is 0 Å². The molecule has 2 aromatic rings. The lowest BCUT2D eigenvalue weighted by atomic mass is 9.82. The third kappa shape index (κ3) is 2.86. The normalized spacial score (nSPS) is 25.6. The van der Waals surface area contributed by atoms with Gasteiger partial charge in [-0.25, -0.2) is 4.79 Å². The minimum Gasteiger partial charge on any atom is -0.456 e. The minimum absolute atomic E-state index is 0.427. The summed E-state index contributed by atoms with van der Waals surface area (Å²) in [6.45, 7) is 2.88. The third-order valence-corrected chi connectivity index (χ3v) is 5.64. The highest BCUT2D eigenvalue weighted by Gasteiger charge is 2.48. The number of hydrogen-bond acceptors (Lipinski definition) is 4. The van der Waals surface area contributed by atoms with E-state index in [2.05, 4.69) is 4.90 Å². The number of fused-ring (bicyclic) bond motifs is 3. The van der Waals surface area contributed by atoms with Crippen molar-refractivity contribution in [1.29, 1.82) is 0 Å². The zero-order valence-corrected chi connectivity index (χ0v) is 14.2. The molecule has 4 nitrogen and oxygen atoms in total. The Morgan fingerprint density at radius 1 is 0.880 bits per heavy atom. The van der Waals surface area contributed by atoms with Gasteiger partial charge in [-0.05, 0) is 11.1 Å². The molecular formula is C21H23NO3. The summed E-state index contributed by atoms with van der Waals surface area (Å²) in [5.41, 5.74) is -1.14. The summed E-state index contributed by atoms with van der Waals surface area (Å²) >= 11 is 0. The first-order valence-corrected chi connectivity index (χ1v) is 8.92. The Kier molecular flexibility index (Phi) is 4.10. The van der Waals surface area contributed by atoms with Gasteiger partial charge in [0.05, 0.1) is 0 Å². The largest absolute Gasteiger partial charge is 0.456 e. The molecule has 0 atom stereocenters. The van der Waals surface area contributed by atoms with Gasteiger partial charge in [0.2, 0.25) is 5.60 Å². The van der Waals surface area contributed by atoms with Crippen LogP contribution < -0.4 is 0 Å². The number of hydrogen-bond donors (Lipinski definition) is 1. The fourth-order valence-corrected chi connectivity index (χ4v) is 3.98. The highest BCUT2D eigenvalue weighted by Crippen LogP contribution is 2.39. The zero-order chi connectivity index (χ0) is 17.3. The van der Waals surface area contributed by atoms with Crippen LogP contribution in [0, 0.1) is 0 Å². The fraction of sp³-hybridized carbons (Fsp3) is 0.381. The number of carbonyl (C=O) groups is 1. The van der Waals surface area contributed by atoms with Gasteiger partial charge in [0.1, 0.15) is 5.60 Å². The molecule has 4 heteroatoms. The molecule has 25 heavy (non-hydrogen) atoms. The van der Waals surface area contributed by atoms with Crippen LogP contribution in [-0.4, -0.2) is 41.2 Å². The van der Waals surface area contributed by atoms with Crippen molar-refractivity contribution < 1.29 is 14.6 Å². The summed E-state index contributed by atoms with van der Waals surface area (Å²) < 4.78 is 6.02. The van der Waals surface area contributed by atoms with Gasteiger partial charge < -0.3 is 14.7 Å². The Morgan fingerprint density at radius 3 is 1.76 bits per heavy atom. The van der Waals surface area contributed by atoms with E-state index in [0.717, 1.165) is 38.9 Å². The van der Waals surface area contributed by atoms with Crippen LogP contribution in [-0.2, 0) is 15.1 Å². The van der Waals surface area contributed by atoms with E-state index in [0.29, 0.717) is 11.1 Å². The van der Waals surface area contributed by atoms with Gasteiger partial charge in [0.15, 0.2) is 0 Å². The molecule has 0 aliphatic carbocycles. The lowest BCUT2D eigenvalue weighted by Crippen LogP contribution is -2.56. The molecule has 0 aromatic heterocycles. The molecule has 3 saturated heterocycles. The van der Waals surface area contributed by atoms with Gasteiger partial charge in [0, 0.05) is 38.9 Å². The number of benzene rings is 2. The second kappa shape index (κ2) is 6.28. The summed E-state index contributed by atoms with van der Waals surface area (Å²) in [6, 6.07) is 18.1. The smallest absolute Gasteiger partial charge is 0.348 e. The topological polar surface area (TPSA) is 49.8 Å². The SMILES string of the molecule is O=C(OC12CCN(CC1)CC2)C(O)(c1ccccc1)c1ccccc1. The van der Waals surface area contributed by atoms with Crippen molar-refractivity contribution in [1.82, 2.24) is 4.90 Å². The molecule has 0 spiro atoms. The first kappa shape index (κ1) is 16.3. The summed E-state index contributed by atoms with van der Waals surface area (Å²) in [5, 5.41) is 11.5. The molecule has 1 N–H and O–H groups in total. The minimum atomic E-state index is -1.79. The number of rotatable bonds is 4. The van der Waals surface area contributed by atoms with Crippen LogP contribution in [0.3, 0.4) is 0 Å². The van der Waals surface area contributed by atoms with Crippen molar-refractivity contribution in [2.24, 2.45) is 0 Å². The van der Waals surface area contributed by atoms with Crippen molar-refractivity contribution in [3.8, 4) is 0 Å². The molecule has 3 aliphatic rings. The molecular weight excluding hydrogens is 314 g/mol. The second-order valence-electron chi connectivity index (χ2n) is 7.11. The van der Waals surface area contributed by atoms with E-state index in [4.69, 9.17) is 4.74 Å². The van der Waals surface area contributed by atoms with Crippen LogP contribution in [0.15, 0.2) is 60.7 Å². The van der Waals surface area contributed by atoms with E-state index >= 15 is 0 Å². The van der Waals surface area contributed by atoms with Gasteiger partial charge in [0.25, 0.3) is 0 Å². The molecule has 2 aromatic carbocycles. The fourth-order valence-electron chi connectivity index (χ4n) is 3.98. The Hall–Kier alpha value is -2.17. The molecule has 0 radical (unpaired) electrons. The maximum absolute atomic E-state index is 13.2. The predicted molar refractivity (Wildman–Crippen MR) is 95.0 cm³/mol. The lowest BCUT2D eigenvalue weighted by molar-refractivity contribution is -0.190. The van der Waals surface area contributed by atoms with Crippen LogP contribution in [0.5, 0.6) is 0 Å². The number of ether oxygens (including phenoxy) is 1. The molecule has 2 bridgehead atoms. The van der Waals surface area contributed by atoms with E-state index in [-0.39, 0.29) is 0 Å². The molecule has 3 aliphatic heterocycles. The van der Waals surface area contributed by atoms with Crippen LogP contribution in [0.2, 0.25) is 0 Å². The highest BCUT2D eigenvalue weighted by molar-refractivity contribution is 5.85. The van der Waals surface area contributed by atoms with Crippen LogP contribution in [0.4, 0.5) is 0 Å². The number of nitrogens with zero attached hydrogens (tertiary/aromatic N) is 1. The number of aliphatic hydroxyl groups is 1. The van der Waals surface area contributed by atoms with Gasteiger partial charge in [-0.1, -0.05) is 60.7 Å². The molecule has 130 valence electrons. The van der Waals surface area contributed by atoms with Crippen molar-refractivity contribution >= 4 is 5.97 Å². The van der Waals surface area contributed by atoms with Crippen LogP contribution >= 0.6 is 0 Å². The van der Waals surface area contributed by atoms with E-state index in [1.54, 1.807) is 24.3 Å². The Balaban J connectivity index is 1.70. The molecule has 0 unspecified atom stereocenters. The van der Waals surface area contributed by atoms with Crippen molar-refractivity contribution in [3.05, 3.63) is 71.8 Å². The average molecular weight is 337 g/mol. The first-order chi connectivity index (χ1) is 12.1. The van der Waals surface area contributed by atoms with Crippen molar-refractivity contribution in [3.63, 3.8) is 0 Å². The van der Waals surface area contributed by atoms with Crippen LogP contribution in [0.1, 0.15) is 30.4 Å². The van der Waals surface area contributed by atoms with Crippen LogP contribution in [0.25, 0.3) is 0 Å². The number of piperidine rings is 3. The average Bonchev–Trinajstić information content (AvgIpc) is 2.69. The second-order valence-corrected chi connectivity index (χ2v) is 7.11. The van der Waals surface area contributed by atoms with Gasteiger partial charge in [-0.15, -0.1) is 0 Å². The summed E-state index contributed by atoms with van der Waals surface area (Å²) in [5.74, 6) is -0.569. The zero-order valence-electron chi connectivity index (χ0n) is 14.2. The summed E-state index contributed by atoms with van der Waals surface area (Å²) in [7, 11) is 0. The van der Waals surface area contributed by atoms with E-state index < -0.39 is 17.2 Å². The van der Waals surface area contributed by atoms with E-state index in [1.807, 2.05) is 36.4 Å². The molecule has 3 fully saturated rings. The molecule has 5 rings (SSSR count).